The molecule has 0 amide bonds. The minimum absolute atomic E-state index is 0.206. The van der Waals surface area contributed by atoms with E-state index in [-0.39, 0.29) is 12.6 Å². The maximum atomic E-state index is 5.62. The molecule has 1 heterocycles. The highest BCUT2D eigenvalue weighted by atomic mass is 79.9. The van der Waals surface area contributed by atoms with Crippen molar-refractivity contribution in [1.29, 1.82) is 0 Å². The summed E-state index contributed by atoms with van der Waals surface area (Å²) >= 11 is 10.2. The third kappa shape index (κ3) is 3.20. The van der Waals surface area contributed by atoms with E-state index in [1.807, 2.05) is 12.1 Å². The van der Waals surface area contributed by atoms with Crippen molar-refractivity contribution in [3.63, 3.8) is 0 Å². The van der Waals surface area contributed by atoms with Gasteiger partial charge in [-0.1, -0.05) is 15.9 Å². The second-order valence-corrected chi connectivity index (χ2v) is 5.75. The molecular weight excluding hydrogens is 420 g/mol. The fourth-order valence-electron chi connectivity index (χ4n) is 1.18. The average molecular weight is 427 g/mol. The first-order chi connectivity index (χ1) is 8.06. The number of nitrogens with zero attached hydrogens (tertiary/aromatic N) is 2. The molecule has 8 heteroatoms. The molecule has 0 atom stereocenters. The van der Waals surface area contributed by atoms with Crippen molar-refractivity contribution >= 4 is 53.7 Å². The summed E-state index contributed by atoms with van der Waals surface area (Å²) in [6, 6.07) is 3.80. The van der Waals surface area contributed by atoms with Gasteiger partial charge in [0.15, 0.2) is 5.82 Å². The van der Waals surface area contributed by atoms with E-state index in [1.54, 1.807) is 0 Å². The molecule has 1 aromatic carbocycles. The molecule has 2 rings (SSSR count). The van der Waals surface area contributed by atoms with E-state index in [2.05, 4.69) is 63.0 Å². The van der Waals surface area contributed by atoms with Crippen molar-refractivity contribution in [2.45, 2.75) is 6.61 Å². The fourth-order valence-corrected chi connectivity index (χ4v) is 3.67. The highest BCUT2D eigenvalue weighted by molar-refractivity contribution is 9.11. The summed E-state index contributed by atoms with van der Waals surface area (Å²) < 4.78 is 8.25. The van der Waals surface area contributed by atoms with Crippen LogP contribution in [-0.2, 0) is 6.61 Å². The summed E-state index contributed by atoms with van der Waals surface area (Å²) in [7, 11) is 0. The van der Waals surface area contributed by atoms with Crippen LogP contribution in [0.2, 0.25) is 0 Å². The molecule has 0 radical (unpaired) electrons. The second kappa shape index (κ2) is 5.36. The van der Waals surface area contributed by atoms with Crippen LogP contribution in [0.3, 0.4) is 0 Å². The highest BCUT2D eigenvalue weighted by Crippen LogP contribution is 2.36. The number of H-pyrrole nitrogens is 1. The number of nitrogens with two attached hydrogens (primary N) is 1. The molecule has 0 saturated carbocycles. The summed E-state index contributed by atoms with van der Waals surface area (Å²) in [5.41, 5.74) is 5.39. The van der Waals surface area contributed by atoms with Crippen molar-refractivity contribution in [2.75, 3.05) is 5.73 Å². The normalized spacial score (nSPS) is 10.5. The molecular formula is C9H7Br3N4O. The molecule has 2 aromatic rings. The van der Waals surface area contributed by atoms with Crippen LogP contribution in [-0.4, -0.2) is 15.2 Å². The molecule has 0 saturated heterocycles. The lowest BCUT2D eigenvalue weighted by Crippen LogP contribution is -1.99. The molecule has 1 aromatic heterocycles. The lowest BCUT2D eigenvalue weighted by atomic mass is 10.3. The molecule has 90 valence electrons. The van der Waals surface area contributed by atoms with Gasteiger partial charge < -0.3 is 10.5 Å². The van der Waals surface area contributed by atoms with Gasteiger partial charge in [0.05, 0.1) is 8.95 Å². The van der Waals surface area contributed by atoms with Crippen molar-refractivity contribution < 1.29 is 4.74 Å². The fraction of sp³-hybridized carbons (Fsp3) is 0.111. The Bertz CT molecular complexity index is 520. The van der Waals surface area contributed by atoms with Crippen molar-refractivity contribution in [3.05, 3.63) is 31.4 Å². The van der Waals surface area contributed by atoms with E-state index in [1.165, 1.54) is 0 Å². The number of anilines is 1. The maximum Gasteiger partial charge on any atom is 0.239 e. The van der Waals surface area contributed by atoms with E-state index in [0.717, 1.165) is 13.4 Å². The lowest BCUT2D eigenvalue weighted by molar-refractivity contribution is 0.292. The minimum atomic E-state index is 0.206. The lowest BCUT2D eigenvalue weighted by Gasteiger charge is -2.09. The van der Waals surface area contributed by atoms with E-state index in [0.29, 0.717) is 11.6 Å². The number of nitrogens with one attached hydrogen (secondary N) is 1. The van der Waals surface area contributed by atoms with Crippen molar-refractivity contribution in [1.82, 2.24) is 15.2 Å². The van der Waals surface area contributed by atoms with Crippen LogP contribution in [0.15, 0.2) is 25.6 Å². The Morgan fingerprint density at radius 3 is 2.41 bits per heavy atom. The SMILES string of the molecule is Nc1n[nH]c(COc2c(Br)cc(Br)cc2Br)n1. The first-order valence-corrected chi connectivity index (χ1v) is 6.88. The van der Waals surface area contributed by atoms with Gasteiger partial charge in [-0.3, -0.25) is 5.10 Å². The molecule has 0 aliphatic carbocycles. The molecule has 0 bridgehead atoms. The van der Waals surface area contributed by atoms with Gasteiger partial charge >= 0.3 is 0 Å². The first-order valence-electron chi connectivity index (χ1n) is 4.50. The Balaban J connectivity index is 2.14. The zero-order valence-corrected chi connectivity index (χ0v) is 13.1. The van der Waals surface area contributed by atoms with Crippen LogP contribution < -0.4 is 10.5 Å². The monoisotopic (exact) mass is 424 g/mol. The van der Waals surface area contributed by atoms with Gasteiger partial charge in [0.1, 0.15) is 12.4 Å². The number of aromatic amines is 1. The van der Waals surface area contributed by atoms with E-state index < -0.39 is 0 Å². The molecule has 5 nitrogen and oxygen atoms in total. The highest BCUT2D eigenvalue weighted by Gasteiger charge is 2.09. The van der Waals surface area contributed by atoms with Crippen LogP contribution >= 0.6 is 47.8 Å². The Morgan fingerprint density at radius 2 is 1.88 bits per heavy atom. The van der Waals surface area contributed by atoms with Crippen molar-refractivity contribution in [2.24, 2.45) is 0 Å². The average Bonchev–Trinajstić information content (AvgIpc) is 2.62. The summed E-state index contributed by atoms with van der Waals surface area (Å²) in [4.78, 5) is 3.95. The maximum absolute atomic E-state index is 5.62. The van der Waals surface area contributed by atoms with Gasteiger partial charge in [0.2, 0.25) is 5.95 Å². The molecule has 3 N–H and O–H groups in total. The molecule has 17 heavy (non-hydrogen) atoms. The number of hydrogen-bond acceptors (Lipinski definition) is 4. The van der Waals surface area contributed by atoms with E-state index in [4.69, 9.17) is 10.5 Å². The Labute approximate surface area is 123 Å². The van der Waals surface area contributed by atoms with Gasteiger partial charge in [-0.2, -0.15) is 4.98 Å². The van der Waals surface area contributed by atoms with Crippen LogP contribution in [0.4, 0.5) is 5.95 Å². The van der Waals surface area contributed by atoms with Crippen LogP contribution in [0, 0.1) is 0 Å². The first kappa shape index (κ1) is 12.8. The Kier molecular flexibility index (Phi) is 4.05. The third-order valence-electron chi connectivity index (χ3n) is 1.87. The standard InChI is InChI=1S/C9H7Br3N4O/c10-4-1-5(11)8(6(12)2-4)17-3-7-14-9(13)16-15-7/h1-2H,3H2,(H3,13,14,15,16). The number of aromatic nitrogens is 3. The number of nitrogen functional groups attached to an aromatic ring is 1. The van der Waals surface area contributed by atoms with Gasteiger partial charge in [-0.15, -0.1) is 5.10 Å². The number of halogens is 3. The predicted molar refractivity (Wildman–Crippen MR) is 74.7 cm³/mol. The third-order valence-corrected chi connectivity index (χ3v) is 3.50. The number of benzene rings is 1. The Morgan fingerprint density at radius 1 is 1.24 bits per heavy atom. The molecule has 0 aliphatic heterocycles. The zero-order chi connectivity index (χ0) is 12.4. The number of rotatable bonds is 3. The summed E-state index contributed by atoms with van der Waals surface area (Å²) in [5.74, 6) is 1.48. The number of hydrogen-bond donors (Lipinski definition) is 2. The molecule has 0 spiro atoms. The topological polar surface area (TPSA) is 76.8 Å². The minimum Gasteiger partial charge on any atom is -0.483 e. The van der Waals surface area contributed by atoms with Crippen LogP contribution in [0.1, 0.15) is 5.82 Å². The smallest absolute Gasteiger partial charge is 0.239 e. The molecule has 0 aliphatic rings. The van der Waals surface area contributed by atoms with Gasteiger partial charge in [-0.05, 0) is 44.0 Å². The van der Waals surface area contributed by atoms with Crippen LogP contribution in [0.25, 0.3) is 0 Å². The zero-order valence-electron chi connectivity index (χ0n) is 8.38. The van der Waals surface area contributed by atoms with E-state index in [9.17, 15) is 0 Å². The summed E-state index contributed by atoms with van der Waals surface area (Å²) in [6.45, 7) is 0.267. The number of ether oxygens (including phenoxy) is 1. The predicted octanol–water partition coefficient (Wildman–Crippen LogP) is 3.25. The van der Waals surface area contributed by atoms with E-state index >= 15 is 0 Å². The molecule has 0 unspecified atom stereocenters. The quantitative estimate of drug-likeness (QED) is 0.789. The van der Waals surface area contributed by atoms with Crippen LogP contribution in [0.5, 0.6) is 5.75 Å². The summed E-state index contributed by atoms with van der Waals surface area (Å²) in [5, 5.41) is 6.39. The second-order valence-electron chi connectivity index (χ2n) is 3.13. The van der Waals surface area contributed by atoms with Gasteiger partial charge in [0, 0.05) is 4.47 Å². The van der Waals surface area contributed by atoms with Gasteiger partial charge in [0.25, 0.3) is 0 Å². The largest absolute Gasteiger partial charge is 0.483 e. The Hall–Kier alpha value is -0.600. The molecule has 0 fully saturated rings. The summed E-state index contributed by atoms with van der Waals surface area (Å²) in [6.07, 6.45) is 0. The van der Waals surface area contributed by atoms with Crippen molar-refractivity contribution in [3.8, 4) is 5.75 Å². The van der Waals surface area contributed by atoms with Gasteiger partial charge in [-0.25, -0.2) is 0 Å².